The third-order valence-corrected chi connectivity index (χ3v) is 4.66. The van der Waals surface area contributed by atoms with E-state index in [9.17, 15) is 4.79 Å². The van der Waals surface area contributed by atoms with Crippen molar-refractivity contribution in [3.8, 4) is 5.75 Å². The van der Waals surface area contributed by atoms with Gasteiger partial charge in [-0.25, -0.2) is 4.79 Å². The first kappa shape index (κ1) is 13.2. The summed E-state index contributed by atoms with van der Waals surface area (Å²) in [5.74, 6) is 0.605. The first-order valence-electron chi connectivity index (χ1n) is 6.91. The molecule has 1 N–H and O–H groups in total. The number of anilines is 1. The van der Waals surface area contributed by atoms with Gasteiger partial charge in [0.1, 0.15) is 5.75 Å². The van der Waals surface area contributed by atoms with Crippen molar-refractivity contribution in [3.05, 3.63) is 23.8 Å². The number of hydrogen-bond donors (Lipinski definition) is 1. The molecule has 2 aliphatic rings. The Balaban J connectivity index is 1.99. The van der Waals surface area contributed by atoms with Gasteiger partial charge in [-0.3, -0.25) is 0 Å². The number of ether oxygens (including phenoxy) is 1. The van der Waals surface area contributed by atoms with Crippen LogP contribution in [0.25, 0.3) is 0 Å². The summed E-state index contributed by atoms with van der Waals surface area (Å²) >= 11 is 0. The predicted molar refractivity (Wildman–Crippen MR) is 78.6 cm³/mol. The zero-order valence-electron chi connectivity index (χ0n) is 12.4. The quantitative estimate of drug-likeness (QED) is 0.842. The van der Waals surface area contributed by atoms with Crippen LogP contribution in [0.4, 0.5) is 10.5 Å². The first-order valence-corrected chi connectivity index (χ1v) is 6.91. The Bertz CT molecular complexity index is 560. The maximum absolute atomic E-state index is 11.4. The van der Waals surface area contributed by atoms with E-state index in [1.807, 2.05) is 12.1 Å². The van der Waals surface area contributed by atoms with Crippen LogP contribution in [0.5, 0.6) is 5.75 Å². The van der Waals surface area contributed by atoms with Crippen molar-refractivity contribution in [1.82, 2.24) is 10.2 Å². The van der Waals surface area contributed by atoms with Gasteiger partial charge in [0, 0.05) is 38.3 Å². The van der Waals surface area contributed by atoms with Crippen molar-refractivity contribution >= 4 is 11.8 Å². The highest BCUT2D eigenvalue weighted by Gasteiger charge is 2.51. The number of carbonyl (C=O) groups excluding carboxylic acids is 1. The molecule has 0 bridgehead atoms. The number of likely N-dealkylation sites (N-methyl/N-ethyl adjacent to an activating group) is 2. The van der Waals surface area contributed by atoms with Gasteiger partial charge in [0.05, 0.1) is 6.04 Å². The molecule has 0 aromatic heterocycles. The minimum Gasteiger partial charge on any atom is -0.410 e. The van der Waals surface area contributed by atoms with Crippen LogP contribution >= 0.6 is 0 Å². The highest BCUT2D eigenvalue weighted by Crippen LogP contribution is 2.49. The molecule has 1 aromatic rings. The van der Waals surface area contributed by atoms with E-state index in [1.165, 1.54) is 11.3 Å². The summed E-state index contributed by atoms with van der Waals surface area (Å²) in [5, 5.41) is 2.47. The molecule has 1 aromatic carbocycles. The van der Waals surface area contributed by atoms with Crippen molar-refractivity contribution in [2.75, 3.05) is 39.1 Å². The number of nitrogens with one attached hydrogen (secondary N) is 1. The van der Waals surface area contributed by atoms with Gasteiger partial charge in [-0.1, -0.05) is 6.92 Å². The van der Waals surface area contributed by atoms with Crippen LogP contribution in [0.15, 0.2) is 18.2 Å². The summed E-state index contributed by atoms with van der Waals surface area (Å²) in [4.78, 5) is 16.1. The van der Waals surface area contributed by atoms with Crippen LogP contribution in [0, 0.1) is 0 Å². The fraction of sp³-hybridized carbons (Fsp3) is 0.533. The second-order valence-corrected chi connectivity index (χ2v) is 6.06. The van der Waals surface area contributed by atoms with Gasteiger partial charge in [-0.2, -0.15) is 0 Å². The molecule has 1 saturated heterocycles. The maximum atomic E-state index is 11.4. The molecular weight excluding hydrogens is 254 g/mol. The van der Waals surface area contributed by atoms with Crippen LogP contribution in [0.1, 0.15) is 12.5 Å². The first-order chi connectivity index (χ1) is 9.45. The van der Waals surface area contributed by atoms with Crippen LogP contribution in [0.3, 0.4) is 0 Å². The predicted octanol–water partition coefficient (Wildman–Crippen LogP) is 1.43. The molecule has 2 heterocycles. The minimum atomic E-state index is -0.429. The highest BCUT2D eigenvalue weighted by molar-refractivity contribution is 5.72. The normalized spacial score (nSPS) is 28.2. The van der Waals surface area contributed by atoms with Gasteiger partial charge in [-0.05, 0) is 30.8 Å². The summed E-state index contributed by atoms with van der Waals surface area (Å²) in [5.41, 5.74) is 2.62. The molecule has 5 nitrogen and oxygen atoms in total. The van der Waals surface area contributed by atoms with Gasteiger partial charge >= 0.3 is 6.09 Å². The third-order valence-electron chi connectivity index (χ3n) is 4.66. The van der Waals surface area contributed by atoms with Crippen molar-refractivity contribution in [1.29, 1.82) is 0 Å². The van der Waals surface area contributed by atoms with Crippen molar-refractivity contribution in [2.45, 2.75) is 18.4 Å². The lowest BCUT2D eigenvalue weighted by molar-refractivity contribution is 0.203. The van der Waals surface area contributed by atoms with E-state index in [4.69, 9.17) is 4.74 Å². The summed E-state index contributed by atoms with van der Waals surface area (Å²) in [7, 11) is 5.86. The van der Waals surface area contributed by atoms with E-state index in [0.717, 1.165) is 13.1 Å². The number of fused-ring (bicyclic) bond motifs is 3. The largest absolute Gasteiger partial charge is 0.412 e. The third kappa shape index (κ3) is 1.77. The smallest absolute Gasteiger partial charge is 0.410 e. The fourth-order valence-electron chi connectivity index (χ4n) is 3.71. The lowest BCUT2D eigenvalue weighted by Crippen LogP contribution is -2.39. The molecular formula is C15H21N3O2. The maximum Gasteiger partial charge on any atom is 0.412 e. The Morgan fingerprint density at radius 3 is 2.90 bits per heavy atom. The van der Waals surface area contributed by atoms with E-state index in [0.29, 0.717) is 11.8 Å². The number of benzene rings is 1. The van der Waals surface area contributed by atoms with Crippen LogP contribution in [-0.4, -0.2) is 51.3 Å². The van der Waals surface area contributed by atoms with Crippen molar-refractivity contribution in [2.24, 2.45) is 0 Å². The van der Waals surface area contributed by atoms with Gasteiger partial charge in [-0.15, -0.1) is 0 Å². The van der Waals surface area contributed by atoms with Crippen LogP contribution < -0.4 is 15.0 Å². The van der Waals surface area contributed by atoms with Crippen molar-refractivity contribution in [3.63, 3.8) is 0 Å². The zero-order chi connectivity index (χ0) is 14.5. The Morgan fingerprint density at radius 1 is 1.45 bits per heavy atom. The summed E-state index contributed by atoms with van der Waals surface area (Å²) in [6.07, 6.45) is -0.429. The summed E-state index contributed by atoms with van der Waals surface area (Å²) in [6, 6.07) is 6.41. The summed E-state index contributed by atoms with van der Waals surface area (Å²) in [6.45, 7) is 4.39. The standard InChI is InChI=1S/C15H21N3O2/c1-15-9-17(3)8-13(15)18(4)12-6-5-10(7-11(12)15)20-14(19)16-2/h5-7,13H,8-9H2,1-4H3,(H,16,19)/t13-,15-/m0/s1. The van der Waals surface area contributed by atoms with E-state index in [2.05, 4.69) is 42.2 Å². The molecule has 108 valence electrons. The molecule has 0 radical (unpaired) electrons. The topological polar surface area (TPSA) is 44.8 Å². The average molecular weight is 275 g/mol. The molecule has 2 aliphatic heterocycles. The Morgan fingerprint density at radius 2 is 2.20 bits per heavy atom. The van der Waals surface area contributed by atoms with E-state index in [1.54, 1.807) is 7.05 Å². The molecule has 1 fully saturated rings. The number of likely N-dealkylation sites (tertiary alicyclic amines) is 1. The number of amides is 1. The molecule has 20 heavy (non-hydrogen) atoms. The number of nitrogens with zero attached hydrogens (tertiary/aromatic N) is 2. The van der Waals surface area contributed by atoms with Crippen LogP contribution in [0.2, 0.25) is 0 Å². The van der Waals surface area contributed by atoms with Gasteiger partial charge < -0.3 is 19.9 Å². The fourth-order valence-corrected chi connectivity index (χ4v) is 3.71. The molecule has 0 spiro atoms. The van der Waals surface area contributed by atoms with Gasteiger partial charge in [0.25, 0.3) is 0 Å². The number of hydrogen-bond acceptors (Lipinski definition) is 4. The minimum absolute atomic E-state index is 0.0981. The number of carbonyl (C=O) groups is 1. The Hall–Kier alpha value is -1.75. The second kappa shape index (κ2) is 4.38. The summed E-state index contributed by atoms with van der Waals surface area (Å²) < 4.78 is 5.26. The van der Waals surface area contributed by atoms with Crippen molar-refractivity contribution < 1.29 is 9.53 Å². The molecule has 0 aliphatic carbocycles. The monoisotopic (exact) mass is 275 g/mol. The second-order valence-electron chi connectivity index (χ2n) is 6.06. The lowest BCUT2D eigenvalue weighted by Gasteiger charge is -2.26. The molecule has 0 saturated carbocycles. The average Bonchev–Trinajstić information content (AvgIpc) is 2.82. The SMILES string of the molecule is CNC(=O)Oc1ccc2c(c1)[C@]1(C)CN(C)C[C@@H]1N2C. The number of rotatable bonds is 1. The zero-order valence-corrected chi connectivity index (χ0v) is 12.4. The lowest BCUT2D eigenvalue weighted by atomic mass is 9.81. The Labute approximate surface area is 119 Å². The Kier molecular flexibility index (Phi) is 2.90. The van der Waals surface area contributed by atoms with E-state index < -0.39 is 6.09 Å². The van der Waals surface area contributed by atoms with Crippen LogP contribution in [-0.2, 0) is 5.41 Å². The molecule has 1 amide bonds. The molecule has 3 rings (SSSR count). The molecule has 5 heteroatoms. The van der Waals surface area contributed by atoms with E-state index >= 15 is 0 Å². The van der Waals surface area contributed by atoms with Gasteiger partial charge in [0.2, 0.25) is 0 Å². The molecule has 2 atom stereocenters. The van der Waals surface area contributed by atoms with E-state index in [-0.39, 0.29) is 5.41 Å². The molecule has 0 unspecified atom stereocenters. The highest BCUT2D eigenvalue weighted by atomic mass is 16.5. The van der Waals surface area contributed by atoms with Gasteiger partial charge in [0.15, 0.2) is 0 Å².